The Morgan fingerprint density at radius 1 is 1.17 bits per heavy atom. The van der Waals surface area contributed by atoms with Crippen molar-refractivity contribution in [2.75, 3.05) is 0 Å². The molecule has 0 heterocycles. The van der Waals surface area contributed by atoms with E-state index < -0.39 is 0 Å². The minimum atomic E-state index is -0.278. The Kier molecular flexibility index (Phi) is 7.06. The number of hydrogen-bond donors (Lipinski definition) is 2. The lowest BCUT2D eigenvalue weighted by Crippen LogP contribution is -2.47. The summed E-state index contributed by atoms with van der Waals surface area (Å²) in [6.45, 7) is 6.50. The van der Waals surface area contributed by atoms with Crippen molar-refractivity contribution >= 4 is 6.08 Å². The summed E-state index contributed by atoms with van der Waals surface area (Å²) in [5.74, 6) is 1.07. The fraction of sp³-hybridized carbons (Fsp3) is 0.636. The summed E-state index contributed by atoms with van der Waals surface area (Å²) < 4.78 is 0. The molecule has 1 saturated carbocycles. The molecule has 0 aliphatic heterocycles. The Morgan fingerprint density at radius 3 is 2.46 bits per heavy atom. The summed E-state index contributed by atoms with van der Waals surface area (Å²) in [7, 11) is 0. The lowest BCUT2D eigenvalue weighted by atomic mass is 9.62. The zero-order valence-electron chi connectivity index (χ0n) is 15.6. The number of aliphatic hydroxyl groups excluding tert-OH is 1. The van der Waals surface area contributed by atoms with Gasteiger partial charge in [-0.05, 0) is 55.4 Å². The van der Waals surface area contributed by atoms with Crippen LogP contribution in [-0.2, 0) is 0 Å². The summed E-state index contributed by atoms with van der Waals surface area (Å²) in [5, 5.41) is 10.1. The zero-order chi connectivity index (χ0) is 17.6. The van der Waals surface area contributed by atoms with Crippen LogP contribution < -0.4 is 5.73 Å². The molecule has 1 aliphatic carbocycles. The highest BCUT2D eigenvalue weighted by molar-refractivity contribution is 5.49. The Balaban J connectivity index is 2.18. The molecule has 2 rings (SSSR count). The molecule has 0 saturated heterocycles. The van der Waals surface area contributed by atoms with Gasteiger partial charge in [-0.1, -0.05) is 69.2 Å². The van der Waals surface area contributed by atoms with Crippen LogP contribution in [0.3, 0.4) is 0 Å². The van der Waals surface area contributed by atoms with E-state index in [2.05, 4.69) is 56.3 Å². The van der Waals surface area contributed by atoms with Gasteiger partial charge < -0.3 is 10.8 Å². The van der Waals surface area contributed by atoms with Crippen molar-refractivity contribution in [3.8, 4) is 0 Å². The molecule has 1 aliphatic rings. The normalized spacial score (nSPS) is 27.5. The Morgan fingerprint density at radius 2 is 1.88 bits per heavy atom. The second kappa shape index (κ2) is 8.82. The fourth-order valence-corrected chi connectivity index (χ4v) is 4.31. The highest BCUT2D eigenvalue weighted by Crippen LogP contribution is 2.46. The summed E-state index contributed by atoms with van der Waals surface area (Å²) in [5.41, 5.74) is 7.92. The van der Waals surface area contributed by atoms with Gasteiger partial charge in [0, 0.05) is 6.04 Å². The van der Waals surface area contributed by atoms with Crippen molar-refractivity contribution in [3.63, 3.8) is 0 Å². The molecule has 1 aromatic carbocycles. The monoisotopic (exact) mass is 329 g/mol. The average Bonchev–Trinajstić information content (AvgIpc) is 2.54. The second-order valence-electron chi connectivity index (χ2n) is 8.15. The van der Waals surface area contributed by atoms with Gasteiger partial charge in [-0.25, -0.2) is 0 Å². The van der Waals surface area contributed by atoms with Gasteiger partial charge in [0.05, 0.1) is 6.10 Å². The molecule has 1 unspecified atom stereocenters. The van der Waals surface area contributed by atoms with Gasteiger partial charge in [0.1, 0.15) is 0 Å². The van der Waals surface area contributed by atoms with E-state index in [0.717, 1.165) is 25.7 Å². The van der Waals surface area contributed by atoms with Crippen molar-refractivity contribution < 1.29 is 5.11 Å². The first kappa shape index (κ1) is 19.2. The third-order valence-corrected chi connectivity index (χ3v) is 5.76. The minimum absolute atomic E-state index is 0.0857. The van der Waals surface area contributed by atoms with Crippen molar-refractivity contribution in [2.24, 2.45) is 23.0 Å². The lowest BCUT2D eigenvalue weighted by molar-refractivity contribution is 0.0419. The summed E-state index contributed by atoms with van der Waals surface area (Å²) in [4.78, 5) is 0. The first-order valence-electron chi connectivity index (χ1n) is 9.60. The van der Waals surface area contributed by atoms with Crippen LogP contribution in [0.25, 0.3) is 6.08 Å². The van der Waals surface area contributed by atoms with E-state index in [1.165, 1.54) is 18.4 Å². The van der Waals surface area contributed by atoms with Gasteiger partial charge in [-0.3, -0.25) is 0 Å². The van der Waals surface area contributed by atoms with E-state index >= 15 is 0 Å². The predicted octanol–water partition coefficient (Wildman–Crippen LogP) is 5.02. The molecule has 0 aromatic heterocycles. The molecule has 134 valence electrons. The quantitative estimate of drug-likeness (QED) is 0.737. The molecule has 0 bridgehead atoms. The van der Waals surface area contributed by atoms with Gasteiger partial charge in [-0.2, -0.15) is 0 Å². The first-order valence-corrected chi connectivity index (χ1v) is 9.60. The number of benzene rings is 1. The molecular weight excluding hydrogens is 294 g/mol. The number of hydrogen-bond acceptors (Lipinski definition) is 2. The Hall–Kier alpha value is -1.12. The average molecular weight is 330 g/mol. The highest BCUT2D eigenvalue weighted by atomic mass is 16.3. The summed E-state index contributed by atoms with van der Waals surface area (Å²) in [6.07, 6.45) is 11.0. The van der Waals surface area contributed by atoms with Gasteiger partial charge in [0.25, 0.3) is 0 Å². The number of rotatable bonds is 7. The van der Waals surface area contributed by atoms with Gasteiger partial charge in [0.15, 0.2) is 0 Å². The van der Waals surface area contributed by atoms with Crippen LogP contribution in [-0.4, -0.2) is 17.3 Å². The van der Waals surface area contributed by atoms with Crippen LogP contribution in [0, 0.1) is 17.3 Å². The van der Waals surface area contributed by atoms with Crippen molar-refractivity contribution in [1.29, 1.82) is 0 Å². The number of nitrogens with two attached hydrogens (primary N) is 1. The maximum atomic E-state index is 10.1. The first-order chi connectivity index (χ1) is 11.4. The van der Waals surface area contributed by atoms with E-state index in [4.69, 9.17) is 5.73 Å². The van der Waals surface area contributed by atoms with Crippen LogP contribution in [0.4, 0.5) is 0 Å². The molecule has 1 aromatic rings. The molecule has 2 nitrogen and oxygen atoms in total. The third-order valence-electron chi connectivity index (χ3n) is 5.76. The van der Waals surface area contributed by atoms with Crippen LogP contribution in [0.5, 0.6) is 0 Å². The molecular formula is C22H35NO. The van der Waals surface area contributed by atoms with Crippen molar-refractivity contribution in [3.05, 3.63) is 42.0 Å². The van der Waals surface area contributed by atoms with E-state index in [-0.39, 0.29) is 17.6 Å². The smallest absolute Gasteiger partial charge is 0.0518 e. The molecule has 1 fully saturated rings. The largest absolute Gasteiger partial charge is 0.393 e. The number of allylic oxidation sites excluding steroid dienone is 1. The standard InChI is InChI=1S/C22H35NO/c1-17(2)20(13-12-19-9-5-4-6-10-19)16-22(15-18(3)24)14-8-7-11-21(22)23/h4-6,9-10,12-13,17-18,20-21,24H,7-8,11,14-16,23H2,1-3H3/t18-,20-,21?,22+/m0/s1. The molecule has 0 amide bonds. The molecule has 0 spiro atoms. The Labute approximate surface area is 148 Å². The van der Waals surface area contributed by atoms with Gasteiger partial charge in [-0.15, -0.1) is 0 Å². The topological polar surface area (TPSA) is 46.2 Å². The van der Waals surface area contributed by atoms with E-state index in [9.17, 15) is 5.11 Å². The van der Waals surface area contributed by atoms with E-state index in [1.54, 1.807) is 0 Å². The summed E-state index contributed by atoms with van der Waals surface area (Å²) in [6, 6.07) is 10.7. The minimum Gasteiger partial charge on any atom is -0.393 e. The fourth-order valence-electron chi connectivity index (χ4n) is 4.31. The maximum Gasteiger partial charge on any atom is 0.0518 e. The van der Waals surface area contributed by atoms with E-state index in [0.29, 0.717) is 11.8 Å². The van der Waals surface area contributed by atoms with Crippen LogP contribution in [0.15, 0.2) is 36.4 Å². The van der Waals surface area contributed by atoms with Crippen LogP contribution in [0.2, 0.25) is 0 Å². The predicted molar refractivity (Wildman–Crippen MR) is 104 cm³/mol. The van der Waals surface area contributed by atoms with E-state index in [1.807, 2.05) is 6.92 Å². The molecule has 24 heavy (non-hydrogen) atoms. The number of aliphatic hydroxyl groups is 1. The molecule has 4 atom stereocenters. The molecule has 0 radical (unpaired) electrons. The van der Waals surface area contributed by atoms with Crippen molar-refractivity contribution in [1.82, 2.24) is 0 Å². The second-order valence-corrected chi connectivity index (χ2v) is 8.15. The summed E-state index contributed by atoms with van der Waals surface area (Å²) >= 11 is 0. The van der Waals surface area contributed by atoms with Gasteiger partial charge in [0.2, 0.25) is 0 Å². The van der Waals surface area contributed by atoms with Crippen molar-refractivity contribution in [2.45, 2.75) is 71.4 Å². The van der Waals surface area contributed by atoms with Crippen LogP contribution in [0.1, 0.15) is 64.9 Å². The molecule has 2 heteroatoms. The third kappa shape index (κ3) is 5.19. The molecule has 3 N–H and O–H groups in total. The Bertz CT molecular complexity index is 508. The van der Waals surface area contributed by atoms with Gasteiger partial charge >= 0.3 is 0 Å². The lowest BCUT2D eigenvalue weighted by Gasteiger charge is -2.45. The van der Waals surface area contributed by atoms with Crippen LogP contribution >= 0.6 is 0 Å². The maximum absolute atomic E-state index is 10.1. The zero-order valence-corrected chi connectivity index (χ0v) is 15.6. The SMILES string of the molecule is CC(C)[C@@H](C=Cc1ccccc1)C[C@]1(C[C@H](C)O)CCCCC1N. The highest BCUT2D eigenvalue weighted by Gasteiger charge is 2.41.